The molecule has 1 heterocycles. The molecule has 1 fully saturated rings. The lowest BCUT2D eigenvalue weighted by molar-refractivity contribution is 0.330. The van der Waals surface area contributed by atoms with Crippen molar-refractivity contribution in [3.63, 3.8) is 0 Å². The molecule has 0 aromatic heterocycles. The van der Waals surface area contributed by atoms with Crippen LogP contribution in [0.1, 0.15) is 25.3 Å². The van der Waals surface area contributed by atoms with Crippen LogP contribution in [0.25, 0.3) is 0 Å². The van der Waals surface area contributed by atoms with Gasteiger partial charge in [-0.1, -0.05) is 6.07 Å². The van der Waals surface area contributed by atoms with Crippen molar-refractivity contribution >= 4 is 21.4 Å². The SMILES string of the molecule is CCOc1ccc(Nc2cccc(F)c2C#N)cc1S(=O)(=O)N1CCCC1. The van der Waals surface area contributed by atoms with Gasteiger partial charge in [0.05, 0.1) is 12.3 Å². The highest BCUT2D eigenvalue weighted by Gasteiger charge is 2.30. The minimum absolute atomic E-state index is 0.0613. The molecule has 0 bridgehead atoms. The molecule has 0 radical (unpaired) electrons. The Kier molecular flexibility index (Phi) is 5.63. The van der Waals surface area contributed by atoms with E-state index in [4.69, 9.17) is 10.00 Å². The van der Waals surface area contributed by atoms with Crippen LogP contribution in [0.15, 0.2) is 41.3 Å². The van der Waals surface area contributed by atoms with Crippen molar-refractivity contribution in [1.29, 1.82) is 5.26 Å². The first-order chi connectivity index (χ1) is 13.0. The second-order valence-corrected chi connectivity index (χ2v) is 8.01. The Morgan fingerprint density at radius 1 is 1.26 bits per heavy atom. The molecule has 0 amide bonds. The first-order valence-electron chi connectivity index (χ1n) is 8.70. The van der Waals surface area contributed by atoms with Gasteiger partial charge in [-0.15, -0.1) is 0 Å². The average Bonchev–Trinajstić information content (AvgIpc) is 3.19. The Bertz CT molecular complexity index is 980. The van der Waals surface area contributed by atoms with Crippen LogP contribution in [-0.2, 0) is 10.0 Å². The summed E-state index contributed by atoms with van der Waals surface area (Å²) in [4.78, 5) is 0.0613. The zero-order chi connectivity index (χ0) is 19.4. The fourth-order valence-electron chi connectivity index (χ4n) is 3.03. The van der Waals surface area contributed by atoms with Gasteiger partial charge in [0.15, 0.2) is 0 Å². The molecule has 0 saturated carbocycles. The number of rotatable bonds is 6. The van der Waals surface area contributed by atoms with Crippen LogP contribution in [-0.4, -0.2) is 32.4 Å². The average molecular weight is 389 g/mol. The van der Waals surface area contributed by atoms with Crippen molar-refractivity contribution in [2.24, 2.45) is 0 Å². The van der Waals surface area contributed by atoms with E-state index in [1.54, 1.807) is 25.1 Å². The van der Waals surface area contributed by atoms with Crippen molar-refractivity contribution in [2.75, 3.05) is 25.0 Å². The van der Waals surface area contributed by atoms with E-state index in [9.17, 15) is 12.8 Å². The maximum atomic E-state index is 13.8. The summed E-state index contributed by atoms with van der Waals surface area (Å²) in [5.74, 6) is -0.368. The highest BCUT2D eigenvalue weighted by Crippen LogP contribution is 2.33. The number of hydrogen-bond acceptors (Lipinski definition) is 5. The number of anilines is 2. The number of nitriles is 1. The molecule has 2 aromatic rings. The largest absolute Gasteiger partial charge is 0.492 e. The summed E-state index contributed by atoms with van der Waals surface area (Å²) in [5.41, 5.74) is 0.569. The lowest BCUT2D eigenvalue weighted by Crippen LogP contribution is -2.28. The van der Waals surface area contributed by atoms with Gasteiger partial charge in [-0.2, -0.15) is 9.57 Å². The Balaban J connectivity index is 2.02. The molecular formula is C19H20FN3O3S. The summed E-state index contributed by atoms with van der Waals surface area (Å²) in [6.45, 7) is 3.07. The predicted octanol–water partition coefficient (Wildman–Crippen LogP) is 3.62. The predicted molar refractivity (Wildman–Crippen MR) is 100 cm³/mol. The Morgan fingerprint density at radius 3 is 2.67 bits per heavy atom. The molecular weight excluding hydrogens is 369 g/mol. The van der Waals surface area contributed by atoms with E-state index >= 15 is 0 Å². The quantitative estimate of drug-likeness (QED) is 0.816. The van der Waals surface area contributed by atoms with Gasteiger partial charge in [0.2, 0.25) is 10.0 Å². The summed E-state index contributed by atoms with van der Waals surface area (Å²) in [5, 5.41) is 12.1. The topological polar surface area (TPSA) is 82.4 Å². The zero-order valence-electron chi connectivity index (χ0n) is 14.9. The minimum Gasteiger partial charge on any atom is -0.492 e. The summed E-state index contributed by atoms with van der Waals surface area (Å²) in [7, 11) is -3.70. The summed E-state index contributed by atoms with van der Waals surface area (Å²) in [6.07, 6.45) is 1.66. The standard InChI is InChI=1S/C19H20FN3O3S/c1-2-26-18-9-8-14(22-17-7-5-6-16(20)15(17)13-21)12-19(18)27(24,25)23-10-3-4-11-23/h5-9,12,22H,2-4,10-11H2,1H3. The van der Waals surface area contributed by atoms with E-state index < -0.39 is 15.8 Å². The summed E-state index contributed by atoms with van der Waals surface area (Å²) in [6, 6.07) is 10.7. The lowest BCUT2D eigenvalue weighted by Gasteiger charge is -2.19. The molecule has 6 nitrogen and oxygen atoms in total. The van der Waals surface area contributed by atoms with Crippen LogP contribution in [0.2, 0.25) is 0 Å². The fourth-order valence-corrected chi connectivity index (χ4v) is 4.70. The third-order valence-electron chi connectivity index (χ3n) is 4.33. The van der Waals surface area contributed by atoms with Crippen molar-refractivity contribution < 1.29 is 17.5 Å². The van der Waals surface area contributed by atoms with Crippen LogP contribution >= 0.6 is 0 Å². The number of ether oxygens (including phenoxy) is 1. The minimum atomic E-state index is -3.70. The number of nitrogens with one attached hydrogen (secondary N) is 1. The molecule has 0 aliphatic carbocycles. The van der Waals surface area contributed by atoms with Crippen LogP contribution in [0.3, 0.4) is 0 Å². The van der Waals surface area contributed by atoms with Gasteiger partial charge >= 0.3 is 0 Å². The molecule has 1 N–H and O–H groups in total. The normalized spacial score (nSPS) is 14.7. The number of nitrogens with zero attached hydrogens (tertiary/aromatic N) is 2. The Morgan fingerprint density at radius 2 is 2.00 bits per heavy atom. The molecule has 27 heavy (non-hydrogen) atoms. The van der Waals surface area contributed by atoms with Crippen molar-refractivity contribution in [3.05, 3.63) is 47.8 Å². The first-order valence-corrected chi connectivity index (χ1v) is 10.1. The van der Waals surface area contributed by atoms with Gasteiger partial charge in [0.25, 0.3) is 0 Å². The Labute approximate surface area is 158 Å². The maximum absolute atomic E-state index is 13.8. The van der Waals surface area contributed by atoms with Crippen molar-refractivity contribution in [2.45, 2.75) is 24.7 Å². The Hall–Kier alpha value is -2.63. The number of sulfonamides is 1. The van der Waals surface area contributed by atoms with E-state index in [1.807, 2.05) is 6.07 Å². The lowest BCUT2D eigenvalue weighted by atomic mass is 10.1. The van der Waals surface area contributed by atoms with E-state index in [1.165, 1.54) is 22.5 Å². The van der Waals surface area contributed by atoms with E-state index in [2.05, 4.69) is 5.32 Å². The molecule has 0 atom stereocenters. The molecule has 0 spiro atoms. The third kappa shape index (κ3) is 3.89. The van der Waals surface area contributed by atoms with Gasteiger partial charge in [0, 0.05) is 18.8 Å². The first kappa shape index (κ1) is 19.1. The molecule has 1 aliphatic rings. The number of benzene rings is 2. The van der Waals surface area contributed by atoms with Gasteiger partial charge in [-0.05, 0) is 50.1 Å². The molecule has 8 heteroatoms. The molecule has 0 unspecified atom stereocenters. The van der Waals surface area contributed by atoms with E-state index in [-0.39, 0.29) is 21.9 Å². The molecule has 2 aromatic carbocycles. The summed E-state index contributed by atoms with van der Waals surface area (Å²) < 4.78 is 46.8. The molecule has 142 valence electrons. The number of hydrogen-bond donors (Lipinski definition) is 1. The molecule has 1 saturated heterocycles. The highest BCUT2D eigenvalue weighted by molar-refractivity contribution is 7.89. The zero-order valence-corrected chi connectivity index (χ0v) is 15.7. The fraction of sp³-hybridized carbons (Fsp3) is 0.316. The van der Waals surface area contributed by atoms with Gasteiger partial charge < -0.3 is 10.1 Å². The van der Waals surface area contributed by atoms with E-state index in [0.717, 1.165) is 12.8 Å². The van der Waals surface area contributed by atoms with Crippen molar-refractivity contribution in [1.82, 2.24) is 4.31 Å². The van der Waals surface area contributed by atoms with Gasteiger partial charge in [-0.25, -0.2) is 12.8 Å². The van der Waals surface area contributed by atoms with Gasteiger partial charge in [0.1, 0.15) is 28.1 Å². The third-order valence-corrected chi connectivity index (χ3v) is 6.25. The van der Waals surface area contributed by atoms with Crippen LogP contribution in [0, 0.1) is 17.1 Å². The molecule has 1 aliphatic heterocycles. The monoisotopic (exact) mass is 389 g/mol. The maximum Gasteiger partial charge on any atom is 0.246 e. The second-order valence-electron chi connectivity index (χ2n) is 6.10. The van der Waals surface area contributed by atoms with Crippen LogP contribution < -0.4 is 10.1 Å². The summed E-state index contributed by atoms with van der Waals surface area (Å²) >= 11 is 0. The van der Waals surface area contributed by atoms with Crippen LogP contribution in [0.5, 0.6) is 5.75 Å². The highest BCUT2D eigenvalue weighted by atomic mass is 32.2. The van der Waals surface area contributed by atoms with Crippen molar-refractivity contribution in [3.8, 4) is 11.8 Å². The van der Waals surface area contributed by atoms with Gasteiger partial charge in [-0.3, -0.25) is 0 Å². The van der Waals surface area contributed by atoms with E-state index in [0.29, 0.717) is 25.4 Å². The second kappa shape index (κ2) is 7.94. The molecule has 3 rings (SSSR count). The number of halogens is 1. The smallest absolute Gasteiger partial charge is 0.246 e. The van der Waals surface area contributed by atoms with Crippen LogP contribution in [0.4, 0.5) is 15.8 Å².